The highest BCUT2D eigenvalue weighted by Gasteiger charge is 2.18. The van der Waals surface area contributed by atoms with Gasteiger partial charge in [-0.05, 0) is 61.0 Å². The van der Waals surface area contributed by atoms with Gasteiger partial charge in [-0.1, -0.05) is 112 Å². The molecule has 0 aliphatic rings. The van der Waals surface area contributed by atoms with Crippen molar-refractivity contribution in [1.29, 1.82) is 0 Å². The second-order valence-corrected chi connectivity index (χ2v) is 10.6. The third-order valence-electron chi connectivity index (χ3n) is 7.42. The minimum Gasteiger partial charge on any atom is -0.455 e. The van der Waals surface area contributed by atoms with E-state index in [0.29, 0.717) is 0 Å². The van der Waals surface area contributed by atoms with Crippen molar-refractivity contribution in [3.63, 3.8) is 0 Å². The van der Waals surface area contributed by atoms with Gasteiger partial charge in [0.25, 0.3) is 0 Å². The fraction of sp³-hybridized carbons (Fsp3) is 0.118. The molecule has 0 bridgehead atoms. The van der Waals surface area contributed by atoms with Gasteiger partial charge in [0, 0.05) is 16.3 Å². The van der Waals surface area contributed by atoms with Crippen LogP contribution in [0.25, 0.3) is 65.4 Å². The second kappa shape index (κ2) is 7.20. The summed E-state index contributed by atoms with van der Waals surface area (Å²) in [5.41, 5.74) is 5.59. The number of rotatable bonds is 1. The lowest BCUT2D eigenvalue weighted by molar-refractivity contribution is 0.587. The monoisotopic (exact) mass is 450 g/mol. The van der Waals surface area contributed by atoms with Crippen LogP contribution >= 0.6 is 0 Å². The Balaban J connectivity index is 1.52. The predicted octanol–water partition coefficient (Wildman–Crippen LogP) is 10.0. The molecule has 6 aromatic carbocycles. The number of para-hydroxylation sites is 1. The largest absolute Gasteiger partial charge is 0.455 e. The zero-order chi connectivity index (χ0) is 23.7. The fourth-order valence-electron chi connectivity index (χ4n) is 5.57. The molecule has 0 aliphatic heterocycles. The number of hydrogen-bond donors (Lipinski definition) is 0. The van der Waals surface area contributed by atoms with Gasteiger partial charge in [0.1, 0.15) is 11.2 Å². The molecule has 1 nitrogen and oxygen atoms in total. The van der Waals surface area contributed by atoms with E-state index in [4.69, 9.17) is 4.42 Å². The first-order valence-corrected chi connectivity index (χ1v) is 12.3. The van der Waals surface area contributed by atoms with Gasteiger partial charge < -0.3 is 4.42 Å². The van der Waals surface area contributed by atoms with Crippen LogP contribution in [0.3, 0.4) is 0 Å². The molecule has 35 heavy (non-hydrogen) atoms. The number of benzene rings is 6. The molecule has 168 valence electrons. The molecule has 0 atom stereocenters. The average Bonchev–Trinajstić information content (AvgIpc) is 3.26. The molecule has 0 fully saturated rings. The molecule has 7 rings (SSSR count). The molecule has 0 unspecified atom stereocenters. The summed E-state index contributed by atoms with van der Waals surface area (Å²) in [4.78, 5) is 0. The van der Waals surface area contributed by atoms with E-state index in [-0.39, 0.29) is 5.41 Å². The zero-order valence-corrected chi connectivity index (χ0v) is 20.2. The van der Waals surface area contributed by atoms with Crippen LogP contribution in [0, 0.1) is 0 Å². The van der Waals surface area contributed by atoms with Crippen molar-refractivity contribution in [3.8, 4) is 11.1 Å². The molecule has 0 amide bonds. The van der Waals surface area contributed by atoms with E-state index in [1.54, 1.807) is 0 Å². The van der Waals surface area contributed by atoms with Crippen molar-refractivity contribution >= 4 is 54.3 Å². The van der Waals surface area contributed by atoms with E-state index < -0.39 is 0 Å². The van der Waals surface area contributed by atoms with Crippen LogP contribution in [0.4, 0.5) is 0 Å². The zero-order valence-electron chi connectivity index (χ0n) is 20.2. The molecular formula is C34H26O. The predicted molar refractivity (Wildman–Crippen MR) is 150 cm³/mol. The highest BCUT2D eigenvalue weighted by atomic mass is 16.3. The molecule has 1 heteroatoms. The Kier molecular flexibility index (Phi) is 4.17. The summed E-state index contributed by atoms with van der Waals surface area (Å²) in [5, 5.41) is 10.1. The van der Waals surface area contributed by atoms with Crippen LogP contribution in [0.5, 0.6) is 0 Å². The van der Waals surface area contributed by atoms with Gasteiger partial charge >= 0.3 is 0 Å². The van der Waals surface area contributed by atoms with Gasteiger partial charge in [0.15, 0.2) is 0 Å². The summed E-state index contributed by atoms with van der Waals surface area (Å²) in [5.74, 6) is 0. The minimum atomic E-state index is 0.0815. The van der Waals surface area contributed by atoms with Gasteiger partial charge in [0.2, 0.25) is 0 Å². The molecule has 7 aromatic rings. The van der Waals surface area contributed by atoms with Crippen LogP contribution in [0.1, 0.15) is 26.3 Å². The van der Waals surface area contributed by atoms with Crippen molar-refractivity contribution in [2.75, 3.05) is 0 Å². The number of hydrogen-bond acceptors (Lipinski definition) is 1. The van der Waals surface area contributed by atoms with Crippen LogP contribution < -0.4 is 0 Å². The molecule has 0 radical (unpaired) electrons. The van der Waals surface area contributed by atoms with Crippen LogP contribution in [-0.4, -0.2) is 0 Å². The van der Waals surface area contributed by atoms with E-state index in [1.165, 1.54) is 54.2 Å². The van der Waals surface area contributed by atoms with Crippen molar-refractivity contribution in [3.05, 3.63) is 109 Å². The first-order chi connectivity index (χ1) is 17.0. The molecule has 1 heterocycles. The summed E-state index contributed by atoms with van der Waals surface area (Å²) >= 11 is 0. The first kappa shape index (κ1) is 20.3. The topological polar surface area (TPSA) is 13.1 Å². The maximum absolute atomic E-state index is 6.54. The Morgan fingerprint density at radius 1 is 0.486 bits per heavy atom. The summed E-state index contributed by atoms with van der Waals surface area (Å²) in [6.07, 6.45) is 0. The van der Waals surface area contributed by atoms with Crippen molar-refractivity contribution in [2.24, 2.45) is 0 Å². The Bertz CT molecular complexity index is 1890. The van der Waals surface area contributed by atoms with Crippen molar-refractivity contribution in [2.45, 2.75) is 26.2 Å². The SMILES string of the molecule is CC(C)(C)c1ccc2c(c1)oc1c(-c3ccc4c5ccccc5c5ccccc5c4c3)cccc12. The Morgan fingerprint density at radius 3 is 1.71 bits per heavy atom. The summed E-state index contributed by atoms with van der Waals surface area (Å²) in [7, 11) is 0. The minimum absolute atomic E-state index is 0.0815. The Hall–Kier alpha value is -4.10. The van der Waals surface area contributed by atoms with Crippen molar-refractivity contribution in [1.82, 2.24) is 0 Å². The third-order valence-corrected chi connectivity index (χ3v) is 7.42. The quantitative estimate of drug-likeness (QED) is 0.227. The van der Waals surface area contributed by atoms with Crippen LogP contribution in [0.2, 0.25) is 0 Å². The Labute approximate surface area is 204 Å². The number of fused-ring (bicyclic) bond motifs is 9. The standard InChI is InChI=1S/C34H26O/c1-34(2,3)22-16-18-29-30-14-8-13-23(33(30)35-32(29)20-22)21-15-17-28-26-11-5-4-9-24(26)25-10-6-7-12-27(25)31(28)19-21/h4-20H,1-3H3. The van der Waals surface area contributed by atoms with Gasteiger partial charge in [-0.15, -0.1) is 0 Å². The first-order valence-electron chi connectivity index (χ1n) is 12.3. The van der Waals surface area contributed by atoms with Gasteiger partial charge in [-0.2, -0.15) is 0 Å². The van der Waals surface area contributed by atoms with Crippen LogP contribution in [-0.2, 0) is 5.41 Å². The van der Waals surface area contributed by atoms with Crippen molar-refractivity contribution < 1.29 is 4.42 Å². The van der Waals surface area contributed by atoms with E-state index in [2.05, 4.69) is 124 Å². The molecular weight excluding hydrogens is 424 g/mol. The van der Waals surface area contributed by atoms with E-state index in [1.807, 2.05) is 0 Å². The maximum atomic E-state index is 6.54. The fourth-order valence-corrected chi connectivity index (χ4v) is 5.57. The van der Waals surface area contributed by atoms with E-state index >= 15 is 0 Å². The van der Waals surface area contributed by atoms with Gasteiger partial charge in [-0.25, -0.2) is 0 Å². The van der Waals surface area contributed by atoms with E-state index in [0.717, 1.165) is 16.7 Å². The summed E-state index contributed by atoms with van der Waals surface area (Å²) in [6, 6.07) is 37.5. The molecule has 0 saturated carbocycles. The lowest BCUT2D eigenvalue weighted by atomic mass is 9.86. The highest BCUT2D eigenvalue weighted by molar-refractivity contribution is 6.26. The lowest BCUT2D eigenvalue weighted by Gasteiger charge is -2.18. The Morgan fingerprint density at radius 2 is 1.06 bits per heavy atom. The highest BCUT2D eigenvalue weighted by Crippen LogP contribution is 2.40. The molecule has 0 N–H and O–H groups in total. The van der Waals surface area contributed by atoms with Crippen LogP contribution in [0.15, 0.2) is 108 Å². The third kappa shape index (κ3) is 3.01. The number of furan rings is 1. The van der Waals surface area contributed by atoms with E-state index in [9.17, 15) is 0 Å². The maximum Gasteiger partial charge on any atom is 0.143 e. The van der Waals surface area contributed by atoms with Gasteiger partial charge in [0.05, 0.1) is 0 Å². The molecule has 0 spiro atoms. The average molecular weight is 451 g/mol. The smallest absolute Gasteiger partial charge is 0.143 e. The molecule has 1 aromatic heterocycles. The molecule has 0 saturated heterocycles. The normalized spacial score (nSPS) is 12.4. The summed E-state index contributed by atoms with van der Waals surface area (Å²) in [6.45, 7) is 6.72. The second-order valence-electron chi connectivity index (χ2n) is 10.6. The summed E-state index contributed by atoms with van der Waals surface area (Å²) < 4.78 is 6.54. The van der Waals surface area contributed by atoms with Gasteiger partial charge in [-0.3, -0.25) is 0 Å². The molecule has 0 aliphatic carbocycles. The lowest BCUT2D eigenvalue weighted by Crippen LogP contribution is -2.10.